The third-order valence-electron chi connectivity index (χ3n) is 1.86. The first kappa shape index (κ1) is 6.34. The summed E-state index contributed by atoms with van der Waals surface area (Å²) >= 11 is 0. The minimum atomic E-state index is -2.89. The van der Waals surface area contributed by atoms with Crippen molar-refractivity contribution in [3.63, 3.8) is 0 Å². The van der Waals surface area contributed by atoms with Crippen LogP contribution in [-0.4, -0.2) is 22.5 Å². The number of aliphatic hydroxyl groups is 1. The molecule has 2 heterocycles. The zero-order chi connectivity index (χ0) is 7.57. The van der Waals surface area contributed by atoms with Crippen LogP contribution in [0.4, 0.5) is 0 Å². The molecule has 56 valence electrons. The summed E-state index contributed by atoms with van der Waals surface area (Å²) in [5.41, 5.74) is 0. The number of nitrogens with one attached hydrogen (secondary N) is 1. The molecule has 0 bridgehead atoms. The highest BCUT2D eigenvalue weighted by Gasteiger charge is 2.86. The van der Waals surface area contributed by atoms with E-state index in [2.05, 4.69) is 9.61 Å². The molecular formula is C4H6NO4P. The number of hydrogen-bond donors (Lipinski definition) is 2. The van der Waals surface area contributed by atoms with E-state index in [1.807, 2.05) is 0 Å². The third kappa shape index (κ3) is 0.381. The highest BCUT2D eigenvalue weighted by atomic mass is 31.2. The van der Waals surface area contributed by atoms with Gasteiger partial charge in [-0.25, -0.2) is 9.88 Å². The Morgan fingerprint density at radius 2 is 2.50 bits per heavy atom. The zero-order valence-electron chi connectivity index (χ0n) is 5.20. The SMILES string of the molecule is C[C@@H](O)[C@@]12NP1(=O)OC2=O. The van der Waals surface area contributed by atoms with Gasteiger partial charge in [-0.3, -0.25) is 4.57 Å². The van der Waals surface area contributed by atoms with Crippen LogP contribution < -0.4 is 5.09 Å². The Kier molecular flexibility index (Phi) is 0.824. The minimum absolute atomic E-state index is 0.606. The lowest BCUT2D eigenvalue weighted by Crippen LogP contribution is -2.43. The molecule has 0 radical (unpaired) electrons. The van der Waals surface area contributed by atoms with Crippen molar-refractivity contribution >= 4 is 13.5 Å². The zero-order valence-corrected chi connectivity index (χ0v) is 6.09. The minimum Gasteiger partial charge on any atom is -0.397 e. The molecule has 6 heteroatoms. The van der Waals surface area contributed by atoms with Gasteiger partial charge in [0.1, 0.15) is 0 Å². The number of aliphatic hydroxyl groups excluding tert-OH is 1. The van der Waals surface area contributed by atoms with E-state index >= 15 is 0 Å². The fraction of sp³-hybridized carbons (Fsp3) is 0.750. The van der Waals surface area contributed by atoms with Crippen LogP contribution in [0.5, 0.6) is 0 Å². The van der Waals surface area contributed by atoms with Gasteiger partial charge < -0.3 is 9.63 Å². The van der Waals surface area contributed by atoms with E-state index in [0.717, 1.165) is 0 Å². The lowest BCUT2D eigenvalue weighted by atomic mass is 10.2. The largest absolute Gasteiger partial charge is 0.397 e. The van der Waals surface area contributed by atoms with Crippen molar-refractivity contribution in [2.45, 2.75) is 18.3 Å². The van der Waals surface area contributed by atoms with Gasteiger partial charge >= 0.3 is 13.5 Å². The molecule has 2 saturated heterocycles. The highest BCUT2D eigenvalue weighted by Crippen LogP contribution is 2.79. The first-order valence-electron chi connectivity index (χ1n) is 2.84. The molecule has 2 fully saturated rings. The van der Waals surface area contributed by atoms with Gasteiger partial charge in [0.25, 0.3) is 5.28 Å². The van der Waals surface area contributed by atoms with Gasteiger partial charge in [-0.15, -0.1) is 0 Å². The second kappa shape index (κ2) is 1.30. The molecule has 0 aromatic heterocycles. The summed E-state index contributed by atoms with van der Waals surface area (Å²) < 4.78 is 15.3. The maximum Gasteiger partial charge on any atom is 0.354 e. The second-order valence-corrected chi connectivity index (χ2v) is 4.70. The van der Waals surface area contributed by atoms with E-state index in [1.54, 1.807) is 0 Å². The first-order chi connectivity index (χ1) is 4.53. The Balaban J connectivity index is 2.36. The van der Waals surface area contributed by atoms with E-state index in [9.17, 15) is 9.36 Å². The van der Waals surface area contributed by atoms with Crippen molar-refractivity contribution in [1.82, 2.24) is 5.09 Å². The topological polar surface area (TPSA) is 85.5 Å². The summed E-state index contributed by atoms with van der Waals surface area (Å²) in [4.78, 5) is 10.6. The highest BCUT2D eigenvalue weighted by molar-refractivity contribution is 7.70. The lowest BCUT2D eigenvalue weighted by Gasteiger charge is -2.21. The van der Waals surface area contributed by atoms with Crippen LogP contribution >= 0.6 is 7.52 Å². The van der Waals surface area contributed by atoms with Gasteiger partial charge in [-0.05, 0) is 6.92 Å². The maximum absolute atomic E-state index is 11.0. The van der Waals surface area contributed by atoms with Crippen molar-refractivity contribution in [1.29, 1.82) is 0 Å². The molecule has 3 atom stereocenters. The summed E-state index contributed by atoms with van der Waals surface area (Å²) in [5.74, 6) is -0.606. The van der Waals surface area contributed by atoms with Gasteiger partial charge in [0.2, 0.25) is 0 Å². The monoisotopic (exact) mass is 163 g/mol. The average molecular weight is 163 g/mol. The average Bonchev–Trinajstić information content (AvgIpc) is 2.30. The van der Waals surface area contributed by atoms with Crippen LogP contribution in [-0.2, 0) is 13.9 Å². The van der Waals surface area contributed by atoms with Crippen molar-refractivity contribution in [3.05, 3.63) is 0 Å². The maximum atomic E-state index is 11.0. The normalized spacial score (nSPS) is 52.4. The van der Waals surface area contributed by atoms with E-state index in [0.29, 0.717) is 0 Å². The standard InChI is InChI=1S/C4H6NO4P/c1-2(6)4-3(7)9-10(4,8)5-4/h2,6H,1H3,(H,5,8)/t2-,4-,10?/m1/s1. The van der Waals surface area contributed by atoms with Gasteiger partial charge in [0, 0.05) is 0 Å². The number of carbonyl (C=O) groups is 1. The van der Waals surface area contributed by atoms with E-state index in [1.165, 1.54) is 6.92 Å². The smallest absolute Gasteiger partial charge is 0.354 e. The number of carbonyl (C=O) groups excluding carboxylic acids is 1. The summed E-state index contributed by atoms with van der Waals surface area (Å²) in [6.07, 6.45) is -0.931. The molecule has 0 saturated carbocycles. The van der Waals surface area contributed by atoms with Gasteiger partial charge in [-0.2, -0.15) is 0 Å². The second-order valence-electron chi connectivity index (χ2n) is 2.48. The van der Waals surface area contributed by atoms with Gasteiger partial charge in [-0.1, -0.05) is 0 Å². The quantitative estimate of drug-likeness (QED) is 0.398. The predicted molar refractivity (Wildman–Crippen MR) is 31.2 cm³/mol. The molecule has 0 aromatic carbocycles. The van der Waals surface area contributed by atoms with Crippen LogP contribution in [0, 0.1) is 0 Å². The molecule has 2 aliphatic heterocycles. The fourth-order valence-corrected chi connectivity index (χ4v) is 3.26. The summed E-state index contributed by atoms with van der Waals surface area (Å²) in [6.45, 7) is 1.41. The van der Waals surface area contributed by atoms with Crippen LogP contribution in [0.2, 0.25) is 0 Å². The molecule has 0 spiro atoms. The Labute approximate surface area is 56.9 Å². The summed E-state index contributed by atoms with van der Waals surface area (Å²) in [6, 6.07) is 0. The Hall–Kier alpha value is -0.380. The van der Waals surface area contributed by atoms with E-state index in [4.69, 9.17) is 5.11 Å². The lowest BCUT2D eigenvalue weighted by molar-refractivity contribution is -0.142. The summed E-state index contributed by atoms with van der Waals surface area (Å²) in [7, 11) is -2.89. The molecule has 1 unspecified atom stereocenters. The Morgan fingerprint density at radius 1 is 1.90 bits per heavy atom. The molecule has 0 aliphatic carbocycles. The van der Waals surface area contributed by atoms with Crippen molar-refractivity contribution < 1.29 is 19.0 Å². The Bertz CT molecular complexity index is 262. The van der Waals surface area contributed by atoms with E-state index in [-0.39, 0.29) is 0 Å². The summed E-state index contributed by atoms with van der Waals surface area (Å²) in [5, 5.41) is 10.1. The fourth-order valence-electron chi connectivity index (χ4n) is 1.12. The van der Waals surface area contributed by atoms with Crippen LogP contribution in [0.3, 0.4) is 0 Å². The van der Waals surface area contributed by atoms with E-state index < -0.39 is 24.9 Å². The molecule has 2 rings (SSSR count). The third-order valence-corrected chi connectivity index (χ3v) is 4.30. The van der Waals surface area contributed by atoms with Crippen LogP contribution in [0.25, 0.3) is 0 Å². The van der Waals surface area contributed by atoms with Crippen molar-refractivity contribution in [3.8, 4) is 0 Å². The number of rotatable bonds is 1. The first-order valence-corrected chi connectivity index (χ1v) is 4.47. The van der Waals surface area contributed by atoms with Gasteiger partial charge in [0.05, 0.1) is 6.10 Å². The molecule has 0 aromatic rings. The molecule has 10 heavy (non-hydrogen) atoms. The molecular weight excluding hydrogens is 157 g/mol. The predicted octanol–water partition coefficient (Wildman–Crippen LogP) is -0.583. The van der Waals surface area contributed by atoms with Crippen LogP contribution in [0.15, 0.2) is 0 Å². The number of hydrogen-bond acceptors (Lipinski definition) is 4. The van der Waals surface area contributed by atoms with Crippen LogP contribution in [0.1, 0.15) is 6.92 Å². The molecule has 5 nitrogen and oxygen atoms in total. The number of fused-ring (bicyclic) bond motifs is 1. The van der Waals surface area contributed by atoms with Crippen molar-refractivity contribution in [2.24, 2.45) is 0 Å². The van der Waals surface area contributed by atoms with Gasteiger partial charge in [0.15, 0.2) is 0 Å². The molecule has 2 aliphatic rings. The van der Waals surface area contributed by atoms with Crippen molar-refractivity contribution in [2.75, 3.05) is 0 Å². The Morgan fingerprint density at radius 3 is 2.60 bits per heavy atom. The molecule has 0 amide bonds. The molecule has 2 N–H and O–H groups in total.